The average Bonchev–Trinajstić information content (AvgIpc) is 2.45. The molecule has 1 unspecified atom stereocenters. The van der Waals surface area contributed by atoms with Gasteiger partial charge in [-0.15, -0.1) is 0 Å². The van der Waals surface area contributed by atoms with E-state index in [0.29, 0.717) is 29.2 Å². The van der Waals surface area contributed by atoms with Crippen molar-refractivity contribution in [3.05, 3.63) is 35.4 Å². The zero-order chi connectivity index (χ0) is 14.1. The van der Waals surface area contributed by atoms with Gasteiger partial charge in [0.05, 0.1) is 12.1 Å². The normalized spacial score (nSPS) is 11.3. The lowest BCUT2D eigenvalue weighted by Gasteiger charge is -2.06. The summed E-state index contributed by atoms with van der Waals surface area (Å²) in [5.41, 5.74) is 6.50. The lowest BCUT2D eigenvalue weighted by Crippen LogP contribution is -2.28. The molecule has 5 heteroatoms. The summed E-state index contributed by atoms with van der Waals surface area (Å²) in [5.74, 6) is 6.48. The van der Waals surface area contributed by atoms with Crippen molar-refractivity contribution >= 4 is 16.7 Å². The molecule has 0 spiro atoms. The predicted octanol–water partition coefficient (Wildman–Crippen LogP) is 0.495. The van der Waals surface area contributed by atoms with Crippen LogP contribution in [0, 0.1) is 11.8 Å². The van der Waals surface area contributed by atoms with Crippen LogP contribution in [-0.2, 0) is 10.8 Å². The molecule has 1 rings (SSSR count). The molecule has 1 atom stereocenters. The topological polar surface area (TPSA) is 72.2 Å². The zero-order valence-corrected chi connectivity index (χ0v) is 11.8. The second-order valence-electron chi connectivity index (χ2n) is 3.74. The molecule has 0 radical (unpaired) electrons. The first-order valence-corrected chi connectivity index (χ1v) is 7.59. The van der Waals surface area contributed by atoms with Crippen LogP contribution in [-0.4, -0.2) is 34.7 Å². The van der Waals surface area contributed by atoms with E-state index in [2.05, 4.69) is 17.2 Å². The molecule has 4 nitrogen and oxygen atoms in total. The van der Waals surface area contributed by atoms with Crippen LogP contribution >= 0.6 is 0 Å². The van der Waals surface area contributed by atoms with E-state index in [4.69, 9.17) is 5.73 Å². The van der Waals surface area contributed by atoms with E-state index in [9.17, 15) is 9.00 Å². The maximum atomic E-state index is 12.0. The summed E-state index contributed by atoms with van der Waals surface area (Å²) in [7, 11) is -0.869. The predicted molar refractivity (Wildman–Crippen MR) is 78.3 cm³/mol. The SMILES string of the molecule is CCS(=O)CCNC(=O)c1ccccc1C#CCN. The number of hydrogen-bond acceptors (Lipinski definition) is 3. The molecule has 1 amide bonds. The first kappa shape index (κ1) is 15.4. The van der Waals surface area contributed by atoms with Crippen LogP contribution in [0.5, 0.6) is 0 Å². The molecule has 1 aromatic carbocycles. The van der Waals surface area contributed by atoms with Crippen molar-refractivity contribution in [2.45, 2.75) is 6.92 Å². The average molecular weight is 278 g/mol. The molecule has 0 aliphatic rings. The van der Waals surface area contributed by atoms with Crippen LogP contribution in [0.1, 0.15) is 22.8 Å². The fraction of sp³-hybridized carbons (Fsp3) is 0.357. The highest BCUT2D eigenvalue weighted by Crippen LogP contribution is 2.06. The molecule has 0 heterocycles. The van der Waals surface area contributed by atoms with Gasteiger partial charge in [0.25, 0.3) is 5.91 Å². The standard InChI is InChI=1S/C14H18N2O2S/c1-2-19(18)11-10-16-14(17)13-8-4-3-6-12(13)7-5-9-15/h3-4,6,8H,2,9-11,15H2,1H3,(H,16,17). The van der Waals surface area contributed by atoms with Gasteiger partial charge in [-0.25, -0.2) is 0 Å². The maximum absolute atomic E-state index is 12.0. The summed E-state index contributed by atoms with van der Waals surface area (Å²) in [6, 6.07) is 7.10. The third-order valence-electron chi connectivity index (χ3n) is 2.43. The van der Waals surface area contributed by atoms with Crippen molar-refractivity contribution in [3.8, 4) is 11.8 Å². The summed E-state index contributed by atoms with van der Waals surface area (Å²) in [4.78, 5) is 12.0. The highest BCUT2D eigenvalue weighted by Gasteiger charge is 2.09. The van der Waals surface area contributed by atoms with Gasteiger partial charge in [0.1, 0.15) is 0 Å². The lowest BCUT2D eigenvalue weighted by atomic mass is 10.1. The number of rotatable bonds is 5. The van der Waals surface area contributed by atoms with Gasteiger partial charge in [0.2, 0.25) is 0 Å². The van der Waals surface area contributed by atoms with Crippen LogP contribution in [0.3, 0.4) is 0 Å². The highest BCUT2D eigenvalue weighted by atomic mass is 32.2. The molecule has 0 aliphatic heterocycles. The van der Waals surface area contributed by atoms with Gasteiger partial charge in [-0.1, -0.05) is 30.9 Å². The van der Waals surface area contributed by atoms with Gasteiger partial charge in [0.15, 0.2) is 0 Å². The summed E-state index contributed by atoms with van der Waals surface area (Å²) in [5, 5.41) is 2.75. The minimum absolute atomic E-state index is 0.199. The van der Waals surface area contributed by atoms with E-state index >= 15 is 0 Å². The van der Waals surface area contributed by atoms with Crippen LogP contribution in [0.15, 0.2) is 24.3 Å². The summed E-state index contributed by atoms with van der Waals surface area (Å²) >= 11 is 0. The van der Waals surface area contributed by atoms with Gasteiger partial charge in [0, 0.05) is 34.4 Å². The molecule has 3 N–H and O–H groups in total. The number of hydrogen-bond donors (Lipinski definition) is 2. The Bertz CT molecular complexity index is 518. The molecule has 0 aliphatic carbocycles. The highest BCUT2D eigenvalue weighted by molar-refractivity contribution is 7.84. The monoisotopic (exact) mass is 278 g/mol. The zero-order valence-electron chi connectivity index (χ0n) is 10.9. The fourth-order valence-corrected chi connectivity index (χ4v) is 2.07. The molecule has 102 valence electrons. The third kappa shape index (κ3) is 5.25. The van der Waals surface area contributed by atoms with Gasteiger partial charge in [-0.2, -0.15) is 0 Å². The van der Waals surface area contributed by atoms with Crippen LogP contribution < -0.4 is 11.1 Å². The van der Waals surface area contributed by atoms with Gasteiger partial charge in [-0.05, 0) is 12.1 Å². The van der Waals surface area contributed by atoms with Crippen molar-refractivity contribution < 1.29 is 9.00 Å². The number of benzene rings is 1. The first-order valence-electron chi connectivity index (χ1n) is 6.10. The molecule has 19 heavy (non-hydrogen) atoms. The Hall–Kier alpha value is -1.64. The Balaban J connectivity index is 2.69. The van der Waals surface area contributed by atoms with Crippen molar-refractivity contribution in [2.24, 2.45) is 5.73 Å². The Morgan fingerprint density at radius 1 is 1.42 bits per heavy atom. The van der Waals surface area contributed by atoms with Crippen LogP contribution in [0.25, 0.3) is 0 Å². The van der Waals surface area contributed by atoms with Crippen molar-refractivity contribution in [1.82, 2.24) is 5.32 Å². The molecule has 0 fully saturated rings. The third-order valence-corrected chi connectivity index (χ3v) is 3.74. The van der Waals surface area contributed by atoms with E-state index in [1.165, 1.54) is 0 Å². The molecule has 0 saturated carbocycles. The van der Waals surface area contributed by atoms with E-state index in [-0.39, 0.29) is 12.5 Å². The molecule has 0 saturated heterocycles. The molecule has 0 aromatic heterocycles. The quantitative estimate of drug-likeness (QED) is 0.770. The van der Waals surface area contributed by atoms with E-state index in [1.54, 1.807) is 18.2 Å². The van der Waals surface area contributed by atoms with Gasteiger partial charge in [-0.3, -0.25) is 9.00 Å². The number of carbonyl (C=O) groups excluding carboxylic acids is 1. The van der Waals surface area contributed by atoms with Crippen molar-refractivity contribution in [3.63, 3.8) is 0 Å². The molecular formula is C14H18N2O2S. The Kier molecular flexibility index (Phi) is 6.86. The molecular weight excluding hydrogens is 260 g/mol. The van der Waals surface area contributed by atoms with Crippen molar-refractivity contribution in [2.75, 3.05) is 24.6 Å². The number of nitrogens with two attached hydrogens (primary N) is 1. The van der Waals surface area contributed by atoms with Crippen molar-refractivity contribution in [1.29, 1.82) is 0 Å². The maximum Gasteiger partial charge on any atom is 0.252 e. The van der Waals surface area contributed by atoms with E-state index in [1.807, 2.05) is 13.0 Å². The second-order valence-corrected chi connectivity index (χ2v) is 5.61. The smallest absolute Gasteiger partial charge is 0.252 e. The second kappa shape index (κ2) is 8.46. The van der Waals surface area contributed by atoms with Crippen LogP contribution in [0.4, 0.5) is 0 Å². The van der Waals surface area contributed by atoms with Gasteiger partial charge < -0.3 is 11.1 Å². The first-order chi connectivity index (χ1) is 9.19. The largest absolute Gasteiger partial charge is 0.351 e. The lowest BCUT2D eigenvalue weighted by molar-refractivity contribution is 0.0956. The fourth-order valence-electron chi connectivity index (χ4n) is 1.45. The Morgan fingerprint density at radius 2 is 2.16 bits per heavy atom. The van der Waals surface area contributed by atoms with Crippen LogP contribution in [0.2, 0.25) is 0 Å². The summed E-state index contributed by atoms with van der Waals surface area (Å²) < 4.78 is 11.3. The molecule has 1 aromatic rings. The molecule has 0 bridgehead atoms. The summed E-state index contributed by atoms with van der Waals surface area (Å²) in [6.07, 6.45) is 0. The Labute approximate surface area is 116 Å². The Morgan fingerprint density at radius 3 is 2.84 bits per heavy atom. The van der Waals surface area contributed by atoms with Gasteiger partial charge >= 0.3 is 0 Å². The number of nitrogens with one attached hydrogen (secondary N) is 1. The number of amides is 1. The van der Waals surface area contributed by atoms with E-state index < -0.39 is 10.8 Å². The van der Waals surface area contributed by atoms with E-state index in [0.717, 1.165) is 0 Å². The number of carbonyl (C=O) groups is 1. The summed E-state index contributed by atoms with van der Waals surface area (Å²) in [6.45, 7) is 2.51. The minimum atomic E-state index is -0.869. The minimum Gasteiger partial charge on any atom is -0.351 e.